The summed E-state index contributed by atoms with van der Waals surface area (Å²) in [5.74, 6) is -0.168. The second-order valence-electron chi connectivity index (χ2n) is 7.67. The number of hydrogen-bond acceptors (Lipinski definition) is 4. The molecule has 0 atom stereocenters. The molecule has 0 aliphatic rings. The average molecular weight is 426 g/mol. The number of amides is 2. The number of rotatable bonds is 4. The van der Waals surface area contributed by atoms with Gasteiger partial charge in [0.1, 0.15) is 5.76 Å². The molecule has 0 unspecified atom stereocenters. The molecule has 0 saturated heterocycles. The van der Waals surface area contributed by atoms with Gasteiger partial charge in [0.15, 0.2) is 11.0 Å². The van der Waals surface area contributed by atoms with Crippen LogP contribution in [0.5, 0.6) is 0 Å². The summed E-state index contributed by atoms with van der Waals surface area (Å²) in [5, 5.41) is 3.15. The van der Waals surface area contributed by atoms with E-state index in [0.717, 1.165) is 5.56 Å². The van der Waals surface area contributed by atoms with E-state index in [1.807, 2.05) is 30.3 Å². The van der Waals surface area contributed by atoms with Crippen LogP contribution in [0.15, 0.2) is 82.0 Å². The molecule has 0 radical (unpaired) electrons. The SMILES string of the molecule is Cc1c(-c2ccccc2)oc2c(C(=O)Nc3cccc(C(=O)N(C)C)c3)cccc2c1=O. The number of benzene rings is 3. The summed E-state index contributed by atoms with van der Waals surface area (Å²) in [6.07, 6.45) is 0. The third-order valence-electron chi connectivity index (χ3n) is 5.20. The van der Waals surface area contributed by atoms with E-state index in [0.29, 0.717) is 28.0 Å². The van der Waals surface area contributed by atoms with Gasteiger partial charge in [-0.3, -0.25) is 14.4 Å². The Balaban J connectivity index is 1.77. The largest absolute Gasteiger partial charge is 0.455 e. The first-order valence-electron chi connectivity index (χ1n) is 10.1. The molecule has 0 spiro atoms. The smallest absolute Gasteiger partial charge is 0.259 e. The molecule has 32 heavy (non-hydrogen) atoms. The molecule has 0 bridgehead atoms. The van der Waals surface area contributed by atoms with Gasteiger partial charge in [-0.25, -0.2) is 0 Å². The van der Waals surface area contributed by atoms with Crippen LogP contribution in [0.4, 0.5) is 5.69 Å². The topological polar surface area (TPSA) is 79.6 Å². The van der Waals surface area contributed by atoms with Gasteiger partial charge in [-0.15, -0.1) is 0 Å². The lowest BCUT2D eigenvalue weighted by Gasteiger charge is -2.13. The summed E-state index contributed by atoms with van der Waals surface area (Å²) in [7, 11) is 3.33. The highest BCUT2D eigenvalue weighted by Crippen LogP contribution is 2.27. The van der Waals surface area contributed by atoms with Gasteiger partial charge in [-0.05, 0) is 37.3 Å². The van der Waals surface area contributed by atoms with Crippen molar-refractivity contribution in [3.8, 4) is 11.3 Å². The van der Waals surface area contributed by atoms with Crippen molar-refractivity contribution in [2.45, 2.75) is 6.92 Å². The third-order valence-corrected chi connectivity index (χ3v) is 5.20. The van der Waals surface area contributed by atoms with Gasteiger partial charge in [0, 0.05) is 36.5 Å². The Kier molecular flexibility index (Phi) is 5.60. The fourth-order valence-electron chi connectivity index (χ4n) is 3.54. The van der Waals surface area contributed by atoms with Gasteiger partial charge in [-0.2, -0.15) is 0 Å². The maximum Gasteiger partial charge on any atom is 0.259 e. The minimum absolute atomic E-state index is 0.166. The molecule has 4 aromatic rings. The van der Waals surface area contributed by atoms with E-state index in [9.17, 15) is 14.4 Å². The molecular weight excluding hydrogens is 404 g/mol. The zero-order chi connectivity index (χ0) is 22.8. The fraction of sp³-hybridized carbons (Fsp3) is 0.115. The Morgan fingerprint density at radius 1 is 0.906 bits per heavy atom. The molecular formula is C26H22N2O4. The van der Waals surface area contributed by atoms with E-state index in [4.69, 9.17) is 4.42 Å². The van der Waals surface area contributed by atoms with Crippen molar-refractivity contribution in [3.63, 3.8) is 0 Å². The van der Waals surface area contributed by atoms with Crippen molar-refractivity contribution in [1.82, 2.24) is 4.90 Å². The normalized spacial score (nSPS) is 10.7. The van der Waals surface area contributed by atoms with Gasteiger partial charge < -0.3 is 14.6 Å². The lowest BCUT2D eigenvalue weighted by molar-refractivity contribution is 0.0827. The Morgan fingerprint density at radius 2 is 1.62 bits per heavy atom. The van der Waals surface area contributed by atoms with Crippen LogP contribution in [-0.2, 0) is 0 Å². The van der Waals surface area contributed by atoms with E-state index < -0.39 is 5.91 Å². The Labute approximate surface area is 185 Å². The van der Waals surface area contributed by atoms with Crippen LogP contribution in [0.3, 0.4) is 0 Å². The molecule has 6 heteroatoms. The monoisotopic (exact) mass is 426 g/mol. The molecule has 0 fully saturated rings. The van der Waals surface area contributed by atoms with E-state index in [1.165, 1.54) is 4.90 Å². The van der Waals surface area contributed by atoms with Crippen LogP contribution in [-0.4, -0.2) is 30.8 Å². The molecule has 160 valence electrons. The number of carbonyl (C=O) groups is 2. The highest BCUT2D eigenvalue weighted by molar-refractivity contribution is 6.11. The lowest BCUT2D eigenvalue weighted by Crippen LogP contribution is -2.22. The van der Waals surface area contributed by atoms with Crippen molar-refractivity contribution in [3.05, 3.63) is 99.7 Å². The Morgan fingerprint density at radius 3 is 2.34 bits per heavy atom. The highest BCUT2D eigenvalue weighted by atomic mass is 16.3. The van der Waals surface area contributed by atoms with Gasteiger partial charge in [0.05, 0.1) is 10.9 Å². The molecule has 2 amide bonds. The molecule has 6 nitrogen and oxygen atoms in total. The molecule has 0 aliphatic heterocycles. The van der Waals surface area contributed by atoms with Crippen LogP contribution >= 0.6 is 0 Å². The molecule has 0 saturated carbocycles. The van der Waals surface area contributed by atoms with Crippen LogP contribution < -0.4 is 10.7 Å². The van der Waals surface area contributed by atoms with Crippen molar-refractivity contribution < 1.29 is 14.0 Å². The van der Waals surface area contributed by atoms with Gasteiger partial charge in [0.2, 0.25) is 0 Å². The van der Waals surface area contributed by atoms with Crippen molar-refractivity contribution >= 4 is 28.5 Å². The fourth-order valence-corrected chi connectivity index (χ4v) is 3.54. The molecule has 0 aliphatic carbocycles. The highest BCUT2D eigenvalue weighted by Gasteiger charge is 2.19. The van der Waals surface area contributed by atoms with Gasteiger partial charge in [0.25, 0.3) is 11.8 Å². The number of anilines is 1. The number of para-hydroxylation sites is 1. The molecule has 1 aromatic heterocycles. The summed E-state index contributed by atoms with van der Waals surface area (Å²) in [4.78, 5) is 39.8. The number of fused-ring (bicyclic) bond motifs is 1. The molecule has 1 heterocycles. The van der Waals surface area contributed by atoms with Gasteiger partial charge >= 0.3 is 0 Å². The first-order chi connectivity index (χ1) is 15.4. The molecule has 4 rings (SSSR count). The summed E-state index contributed by atoms with van der Waals surface area (Å²) >= 11 is 0. The average Bonchev–Trinajstić information content (AvgIpc) is 2.81. The zero-order valence-electron chi connectivity index (χ0n) is 18.0. The lowest BCUT2D eigenvalue weighted by atomic mass is 10.0. The molecule has 3 aromatic carbocycles. The number of nitrogens with one attached hydrogen (secondary N) is 1. The predicted octanol–water partition coefficient (Wildman–Crippen LogP) is 4.72. The van der Waals surface area contributed by atoms with E-state index >= 15 is 0 Å². The van der Waals surface area contributed by atoms with Crippen molar-refractivity contribution in [2.24, 2.45) is 0 Å². The van der Waals surface area contributed by atoms with Crippen molar-refractivity contribution in [2.75, 3.05) is 19.4 Å². The number of hydrogen-bond donors (Lipinski definition) is 1. The number of nitrogens with zero attached hydrogens (tertiary/aromatic N) is 1. The molecule has 1 N–H and O–H groups in total. The summed E-state index contributed by atoms with van der Waals surface area (Å²) < 4.78 is 6.12. The summed E-state index contributed by atoms with van der Waals surface area (Å²) in [6, 6.07) is 20.9. The Bertz CT molecular complexity index is 1390. The predicted molar refractivity (Wildman–Crippen MR) is 125 cm³/mol. The van der Waals surface area contributed by atoms with Crippen LogP contribution in [0.2, 0.25) is 0 Å². The van der Waals surface area contributed by atoms with Crippen LogP contribution in [0.25, 0.3) is 22.3 Å². The minimum atomic E-state index is -0.434. The van der Waals surface area contributed by atoms with Crippen molar-refractivity contribution in [1.29, 1.82) is 0 Å². The van der Waals surface area contributed by atoms with Gasteiger partial charge in [-0.1, -0.05) is 42.5 Å². The van der Waals surface area contributed by atoms with E-state index in [-0.39, 0.29) is 22.5 Å². The summed E-state index contributed by atoms with van der Waals surface area (Å²) in [6.45, 7) is 1.72. The Hall–Kier alpha value is -4.19. The third kappa shape index (κ3) is 3.90. The van der Waals surface area contributed by atoms with Crippen LogP contribution in [0, 0.1) is 6.92 Å². The van der Waals surface area contributed by atoms with E-state index in [1.54, 1.807) is 63.5 Å². The minimum Gasteiger partial charge on any atom is -0.455 e. The second kappa shape index (κ2) is 8.51. The van der Waals surface area contributed by atoms with Crippen LogP contribution in [0.1, 0.15) is 26.3 Å². The first kappa shape index (κ1) is 21.1. The maximum atomic E-state index is 13.1. The zero-order valence-corrected chi connectivity index (χ0v) is 18.0. The maximum absolute atomic E-state index is 13.1. The van der Waals surface area contributed by atoms with E-state index in [2.05, 4.69) is 5.32 Å². The summed E-state index contributed by atoms with van der Waals surface area (Å²) in [5.41, 5.74) is 2.45. The quantitative estimate of drug-likeness (QED) is 0.512. The standard InChI is InChI=1S/C26H22N2O4/c1-16-22(29)20-13-8-14-21(24(20)32-23(16)17-9-5-4-6-10-17)25(30)27-19-12-7-11-18(15-19)26(31)28(2)3/h4-15H,1-3H3,(H,27,30). The number of carbonyl (C=O) groups excluding carboxylic acids is 2. The first-order valence-corrected chi connectivity index (χ1v) is 10.1. The second-order valence-corrected chi connectivity index (χ2v) is 7.67.